The number of nitrogens with one attached hydrogen (secondary N) is 2. The van der Waals surface area contributed by atoms with Crippen LogP contribution in [0.2, 0.25) is 0 Å². The van der Waals surface area contributed by atoms with Gasteiger partial charge in [0.2, 0.25) is 0 Å². The fourth-order valence-electron chi connectivity index (χ4n) is 2.06. The first-order valence-corrected chi connectivity index (χ1v) is 6.30. The molecule has 0 bridgehead atoms. The van der Waals surface area contributed by atoms with Gasteiger partial charge in [-0.25, -0.2) is 0 Å². The SMILES string of the molecule is NCc1ccc(C(=O)Nc2cccc3[nH]ncc23)cc1. The van der Waals surface area contributed by atoms with Gasteiger partial charge < -0.3 is 11.1 Å². The third kappa shape index (κ3) is 2.26. The molecule has 0 unspecified atom stereocenters. The Morgan fingerprint density at radius 2 is 2.00 bits per heavy atom. The van der Waals surface area contributed by atoms with Crippen LogP contribution in [0.15, 0.2) is 48.7 Å². The maximum absolute atomic E-state index is 12.2. The summed E-state index contributed by atoms with van der Waals surface area (Å²) in [7, 11) is 0. The predicted octanol–water partition coefficient (Wildman–Crippen LogP) is 2.27. The Labute approximate surface area is 115 Å². The highest BCUT2D eigenvalue weighted by molar-refractivity contribution is 6.08. The molecule has 0 aliphatic heterocycles. The highest BCUT2D eigenvalue weighted by Gasteiger charge is 2.08. The molecule has 5 nitrogen and oxygen atoms in total. The standard InChI is InChI=1S/C15H14N4O/c16-8-10-4-6-11(7-5-10)15(20)18-13-2-1-3-14-12(13)9-17-19-14/h1-7,9H,8,16H2,(H,17,19)(H,18,20). The summed E-state index contributed by atoms with van der Waals surface area (Å²) in [5, 5.41) is 10.6. The zero-order valence-corrected chi connectivity index (χ0v) is 10.8. The Hall–Kier alpha value is -2.66. The minimum atomic E-state index is -0.151. The number of carbonyl (C=O) groups excluding carboxylic acids is 1. The van der Waals surface area contributed by atoms with Gasteiger partial charge in [-0.1, -0.05) is 18.2 Å². The molecule has 1 heterocycles. The summed E-state index contributed by atoms with van der Waals surface area (Å²) in [5.41, 5.74) is 8.77. The second-order valence-corrected chi connectivity index (χ2v) is 4.49. The number of fused-ring (bicyclic) bond motifs is 1. The summed E-state index contributed by atoms with van der Waals surface area (Å²) in [4.78, 5) is 12.2. The van der Waals surface area contributed by atoms with E-state index in [4.69, 9.17) is 5.73 Å². The fourth-order valence-corrected chi connectivity index (χ4v) is 2.06. The van der Waals surface area contributed by atoms with Crippen molar-refractivity contribution in [1.82, 2.24) is 10.2 Å². The number of rotatable bonds is 3. The zero-order chi connectivity index (χ0) is 13.9. The monoisotopic (exact) mass is 266 g/mol. The molecule has 0 spiro atoms. The number of hydrogen-bond acceptors (Lipinski definition) is 3. The first kappa shape index (κ1) is 12.4. The normalized spacial score (nSPS) is 10.7. The summed E-state index contributed by atoms with van der Waals surface area (Å²) in [6.45, 7) is 0.468. The van der Waals surface area contributed by atoms with E-state index in [1.54, 1.807) is 18.3 Å². The molecule has 0 radical (unpaired) electrons. The molecule has 100 valence electrons. The van der Waals surface area contributed by atoms with Crippen LogP contribution in [-0.4, -0.2) is 16.1 Å². The molecule has 5 heteroatoms. The van der Waals surface area contributed by atoms with Gasteiger partial charge in [-0.15, -0.1) is 0 Å². The van der Waals surface area contributed by atoms with Crippen LogP contribution >= 0.6 is 0 Å². The van der Waals surface area contributed by atoms with Gasteiger partial charge in [0.05, 0.1) is 17.4 Å². The second kappa shape index (κ2) is 5.14. The van der Waals surface area contributed by atoms with Crippen molar-refractivity contribution >= 4 is 22.5 Å². The summed E-state index contributed by atoms with van der Waals surface area (Å²) in [5.74, 6) is -0.151. The molecule has 2 aromatic carbocycles. The quantitative estimate of drug-likeness (QED) is 0.680. The van der Waals surface area contributed by atoms with Gasteiger partial charge in [-0.05, 0) is 29.8 Å². The summed E-state index contributed by atoms with van der Waals surface area (Å²) in [6, 6.07) is 12.9. The lowest BCUT2D eigenvalue weighted by atomic mass is 10.1. The van der Waals surface area contributed by atoms with Gasteiger partial charge >= 0.3 is 0 Å². The minimum absolute atomic E-state index is 0.151. The number of aromatic nitrogens is 2. The molecular weight excluding hydrogens is 252 g/mol. The van der Waals surface area contributed by atoms with Gasteiger partial charge in [0, 0.05) is 17.5 Å². The molecule has 0 aliphatic rings. The zero-order valence-electron chi connectivity index (χ0n) is 10.8. The van der Waals surface area contributed by atoms with E-state index in [0.29, 0.717) is 12.1 Å². The summed E-state index contributed by atoms with van der Waals surface area (Å²) >= 11 is 0. The Bertz CT molecular complexity index is 746. The molecule has 1 amide bonds. The van der Waals surface area contributed by atoms with Crippen LogP contribution in [0.4, 0.5) is 5.69 Å². The number of amides is 1. The number of aromatic amines is 1. The maximum Gasteiger partial charge on any atom is 0.255 e. The Balaban J connectivity index is 1.86. The van der Waals surface area contributed by atoms with Crippen LogP contribution in [0.1, 0.15) is 15.9 Å². The van der Waals surface area contributed by atoms with Crippen molar-refractivity contribution in [2.75, 3.05) is 5.32 Å². The molecule has 20 heavy (non-hydrogen) atoms. The average Bonchev–Trinajstić information content (AvgIpc) is 2.97. The van der Waals surface area contributed by atoms with E-state index >= 15 is 0 Å². The third-order valence-corrected chi connectivity index (χ3v) is 3.18. The van der Waals surface area contributed by atoms with Crippen LogP contribution in [0.5, 0.6) is 0 Å². The molecule has 0 aliphatic carbocycles. The second-order valence-electron chi connectivity index (χ2n) is 4.49. The van der Waals surface area contributed by atoms with Gasteiger partial charge in [-0.2, -0.15) is 5.10 Å². The molecule has 0 saturated heterocycles. The maximum atomic E-state index is 12.2. The molecule has 3 rings (SSSR count). The van der Waals surface area contributed by atoms with Crippen molar-refractivity contribution in [3.63, 3.8) is 0 Å². The van der Waals surface area contributed by atoms with Crippen molar-refractivity contribution in [2.45, 2.75) is 6.54 Å². The first-order valence-electron chi connectivity index (χ1n) is 6.30. The Kier molecular flexibility index (Phi) is 3.18. The number of H-pyrrole nitrogens is 1. The van der Waals surface area contributed by atoms with E-state index in [2.05, 4.69) is 15.5 Å². The van der Waals surface area contributed by atoms with Crippen LogP contribution in [0.25, 0.3) is 10.9 Å². The van der Waals surface area contributed by atoms with Crippen molar-refractivity contribution in [3.05, 3.63) is 59.8 Å². The van der Waals surface area contributed by atoms with Crippen molar-refractivity contribution in [3.8, 4) is 0 Å². The summed E-state index contributed by atoms with van der Waals surface area (Å²) in [6.07, 6.45) is 1.70. The number of benzene rings is 2. The van der Waals surface area contributed by atoms with Crippen molar-refractivity contribution in [1.29, 1.82) is 0 Å². The average molecular weight is 266 g/mol. The first-order chi connectivity index (χ1) is 9.78. The molecule has 0 saturated carbocycles. The topological polar surface area (TPSA) is 83.8 Å². The van der Waals surface area contributed by atoms with Crippen LogP contribution < -0.4 is 11.1 Å². The number of carbonyl (C=O) groups is 1. The minimum Gasteiger partial charge on any atom is -0.326 e. The predicted molar refractivity (Wildman–Crippen MR) is 78.4 cm³/mol. The van der Waals surface area contributed by atoms with E-state index in [1.807, 2.05) is 30.3 Å². The molecule has 0 fully saturated rings. The molecule has 3 aromatic rings. The highest BCUT2D eigenvalue weighted by Crippen LogP contribution is 2.21. The number of anilines is 1. The van der Waals surface area contributed by atoms with E-state index in [-0.39, 0.29) is 5.91 Å². The van der Waals surface area contributed by atoms with E-state index < -0.39 is 0 Å². The van der Waals surface area contributed by atoms with Gasteiger partial charge in [0.1, 0.15) is 0 Å². The molecule has 4 N–H and O–H groups in total. The molecular formula is C15H14N4O. The number of nitrogens with two attached hydrogens (primary N) is 1. The number of hydrogen-bond donors (Lipinski definition) is 3. The number of nitrogens with zero attached hydrogens (tertiary/aromatic N) is 1. The van der Waals surface area contributed by atoms with E-state index in [0.717, 1.165) is 22.2 Å². The van der Waals surface area contributed by atoms with Crippen LogP contribution in [-0.2, 0) is 6.54 Å². The lowest BCUT2D eigenvalue weighted by molar-refractivity contribution is 0.102. The Morgan fingerprint density at radius 3 is 2.75 bits per heavy atom. The van der Waals surface area contributed by atoms with Crippen molar-refractivity contribution < 1.29 is 4.79 Å². The van der Waals surface area contributed by atoms with E-state index in [9.17, 15) is 4.79 Å². The van der Waals surface area contributed by atoms with Gasteiger partial charge in [0.25, 0.3) is 5.91 Å². The molecule has 1 aromatic heterocycles. The lowest BCUT2D eigenvalue weighted by Crippen LogP contribution is -2.12. The van der Waals surface area contributed by atoms with Gasteiger partial charge in [-0.3, -0.25) is 9.89 Å². The smallest absolute Gasteiger partial charge is 0.255 e. The molecule has 0 atom stereocenters. The summed E-state index contributed by atoms with van der Waals surface area (Å²) < 4.78 is 0. The van der Waals surface area contributed by atoms with E-state index in [1.165, 1.54) is 0 Å². The largest absolute Gasteiger partial charge is 0.326 e. The highest BCUT2D eigenvalue weighted by atomic mass is 16.1. The third-order valence-electron chi connectivity index (χ3n) is 3.18. The lowest BCUT2D eigenvalue weighted by Gasteiger charge is -2.07. The van der Waals surface area contributed by atoms with Crippen LogP contribution in [0, 0.1) is 0 Å². The van der Waals surface area contributed by atoms with Crippen molar-refractivity contribution in [2.24, 2.45) is 5.73 Å². The van der Waals surface area contributed by atoms with Crippen LogP contribution in [0.3, 0.4) is 0 Å². The Morgan fingerprint density at radius 1 is 1.20 bits per heavy atom. The fraction of sp³-hybridized carbons (Fsp3) is 0.0667. The van der Waals surface area contributed by atoms with Gasteiger partial charge in [0.15, 0.2) is 0 Å².